The van der Waals surface area contributed by atoms with Crippen LogP contribution in [0.5, 0.6) is 5.75 Å². The highest BCUT2D eigenvalue weighted by Crippen LogP contribution is 2.49. The third-order valence-electron chi connectivity index (χ3n) is 6.98. The Morgan fingerprint density at radius 2 is 1.91 bits per heavy atom. The summed E-state index contributed by atoms with van der Waals surface area (Å²) in [6.45, 7) is 6.60. The molecule has 3 aromatic rings. The summed E-state index contributed by atoms with van der Waals surface area (Å²) in [5.41, 5.74) is 4.00. The molecule has 1 fully saturated rings. The van der Waals surface area contributed by atoms with Crippen molar-refractivity contribution in [3.05, 3.63) is 94.0 Å². The molecule has 0 aromatic heterocycles. The van der Waals surface area contributed by atoms with E-state index in [-0.39, 0.29) is 11.9 Å². The number of carbonyl (C=O) groups is 1. The molecule has 2 bridgehead atoms. The number of ether oxygens (including phenoxy) is 1. The molecular weight excluding hydrogens is 478 g/mol. The van der Waals surface area contributed by atoms with E-state index in [0.717, 1.165) is 28.8 Å². The second-order valence-corrected chi connectivity index (χ2v) is 10.3. The zero-order chi connectivity index (χ0) is 24.7. The predicted molar refractivity (Wildman–Crippen MR) is 144 cm³/mol. The zero-order valence-corrected chi connectivity index (χ0v) is 21.5. The van der Waals surface area contributed by atoms with Crippen molar-refractivity contribution >= 4 is 40.5 Å². The normalized spacial score (nSPS) is 22.6. The van der Waals surface area contributed by atoms with Crippen molar-refractivity contribution in [3.8, 4) is 5.75 Å². The lowest BCUT2D eigenvalue weighted by molar-refractivity contribution is -0.149. The van der Waals surface area contributed by atoms with E-state index < -0.39 is 11.6 Å². The molecule has 0 spiro atoms. The smallest absolute Gasteiger partial charge is 0.236 e. The molecule has 180 valence electrons. The van der Waals surface area contributed by atoms with Crippen LogP contribution in [0.2, 0.25) is 5.02 Å². The SMILES string of the molecule is Cc1ccc(NC(=O)[C@@H]2[C@@H]3NC(=S)N(CCc4ccccc4)[C@@]2(C)Oc2ccc(Cl)cc23)c(C)c1. The van der Waals surface area contributed by atoms with Gasteiger partial charge < -0.3 is 20.3 Å². The Kier molecular flexibility index (Phi) is 6.20. The van der Waals surface area contributed by atoms with Gasteiger partial charge in [-0.25, -0.2) is 0 Å². The van der Waals surface area contributed by atoms with Crippen LogP contribution in [0.25, 0.3) is 0 Å². The van der Waals surface area contributed by atoms with E-state index in [1.165, 1.54) is 5.56 Å². The van der Waals surface area contributed by atoms with E-state index in [2.05, 4.69) is 28.8 Å². The molecule has 1 saturated heterocycles. The van der Waals surface area contributed by atoms with Gasteiger partial charge >= 0.3 is 0 Å². The van der Waals surface area contributed by atoms with Crippen LogP contribution in [-0.4, -0.2) is 28.2 Å². The number of anilines is 1. The molecule has 1 amide bonds. The summed E-state index contributed by atoms with van der Waals surface area (Å²) in [6, 6.07) is 21.4. The Labute approximate surface area is 216 Å². The van der Waals surface area contributed by atoms with Crippen LogP contribution in [0.3, 0.4) is 0 Å². The number of halogens is 1. The van der Waals surface area contributed by atoms with Gasteiger partial charge in [0.2, 0.25) is 5.91 Å². The molecule has 3 aromatic carbocycles. The maximum Gasteiger partial charge on any atom is 0.236 e. The average Bonchev–Trinajstić information content (AvgIpc) is 2.81. The average molecular weight is 506 g/mol. The number of fused-ring (bicyclic) bond motifs is 4. The zero-order valence-electron chi connectivity index (χ0n) is 20.0. The van der Waals surface area contributed by atoms with Gasteiger partial charge in [0.1, 0.15) is 11.7 Å². The van der Waals surface area contributed by atoms with E-state index in [0.29, 0.717) is 22.4 Å². The lowest BCUT2D eigenvalue weighted by Crippen LogP contribution is -2.71. The van der Waals surface area contributed by atoms with Crippen molar-refractivity contribution in [3.63, 3.8) is 0 Å². The highest BCUT2D eigenvalue weighted by Gasteiger charge is 2.58. The van der Waals surface area contributed by atoms with Crippen molar-refractivity contribution in [2.75, 3.05) is 11.9 Å². The summed E-state index contributed by atoms with van der Waals surface area (Å²) in [6.07, 6.45) is 0.769. The number of thiocarbonyl (C=S) groups is 1. The minimum atomic E-state index is -0.981. The predicted octanol–water partition coefficient (Wildman–Crippen LogP) is 5.79. The van der Waals surface area contributed by atoms with Gasteiger partial charge in [-0.2, -0.15) is 0 Å². The van der Waals surface area contributed by atoms with Crippen molar-refractivity contribution < 1.29 is 9.53 Å². The van der Waals surface area contributed by atoms with Crippen molar-refractivity contribution in [2.24, 2.45) is 5.92 Å². The Morgan fingerprint density at radius 1 is 1.14 bits per heavy atom. The number of carbonyl (C=O) groups excluding carboxylic acids is 1. The molecule has 0 radical (unpaired) electrons. The molecule has 3 atom stereocenters. The van der Waals surface area contributed by atoms with Gasteiger partial charge in [-0.15, -0.1) is 0 Å². The van der Waals surface area contributed by atoms with Crippen molar-refractivity contribution in [1.29, 1.82) is 0 Å². The standard InChI is InChI=1S/C28H28ClN3O2S/c1-17-9-11-22(18(2)15-17)30-26(33)24-25-21-16-20(29)10-12-23(21)34-28(24,3)32(27(35)31-25)14-13-19-7-5-4-6-8-19/h4-12,15-16,24-25H,13-14H2,1-3H3,(H,30,33)(H,31,35)/t24-,25+,28-/m0/s1. The Bertz CT molecular complexity index is 1300. The van der Waals surface area contributed by atoms with E-state index in [1.54, 1.807) is 0 Å². The molecule has 2 N–H and O–H groups in total. The Hall–Kier alpha value is -3.09. The van der Waals surface area contributed by atoms with Gasteiger partial charge in [0, 0.05) is 22.8 Å². The number of amides is 1. The van der Waals surface area contributed by atoms with Gasteiger partial charge in [-0.05, 0) is 74.8 Å². The largest absolute Gasteiger partial charge is 0.467 e. The van der Waals surface area contributed by atoms with Crippen molar-refractivity contribution in [2.45, 2.75) is 39.0 Å². The fourth-order valence-electron chi connectivity index (χ4n) is 5.19. The summed E-state index contributed by atoms with van der Waals surface area (Å²) in [7, 11) is 0. The number of aryl methyl sites for hydroxylation is 2. The lowest BCUT2D eigenvalue weighted by atomic mass is 9.78. The highest BCUT2D eigenvalue weighted by molar-refractivity contribution is 7.80. The van der Waals surface area contributed by atoms with Crippen LogP contribution in [0, 0.1) is 19.8 Å². The van der Waals surface area contributed by atoms with E-state index in [1.807, 2.05) is 74.2 Å². The van der Waals surface area contributed by atoms with E-state index in [9.17, 15) is 4.79 Å². The van der Waals surface area contributed by atoms with Gasteiger partial charge in [0.05, 0.1) is 6.04 Å². The molecule has 5 nitrogen and oxygen atoms in total. The highest BCUT2D eigenvalue weighted by atomic mass is 35.5. The number of hydrogen-bond acceptors (Lipinski definition) is 3. The lowest BCUT2D eigenvalue weighted by Gasteiger charge is -2.56. The van der Waals surface area contributed by atoms with Crippen LogP contribution < -0.4 is 15.4 Å². The maximum atomic E-state index is 13.9. The fraction of sp³-hybridized carbons (Fsp3) is 0.286. The molecule has 7 heteroatoms. The summed E-state index contributed by atoms with van der Waals surface area (Å²) in [4.78, 5) is 15.9. The third kappa shape index (κ3) is 4.37. The van der Waals surface area contributed by atoms with Crippen LogP contribution in [-0.2, 0) is 11.2 Å². The minimum absolute atomic E-state index is 0.130. The second kappa shape index (κ2) is 9.17. The molecular formula is C28H28ClN3O2S. The van der Waals surface area contributed by atoms with Crippen LogP contribution in [0.4, 0.5) is 5.69 Å². The number of benzene rings is 3. The molecule has 0 aliphatic carbocycles. The van der Waals surface area contributed by atoms with Gasteiger partial charge in [-0.1, -0.05) is 59.6 Å². The van der Waals surface area contributed by atoms with Gasteiger partial charge in [0.15, 0.2) is 10.8 Å². The van der Waals surface area contributed by atoms with Crippen molar-refractivity contribution in [1.82, 2.24) is 10.2 Å². The first-order valence-corrected chi connectivity index (χ1v) is 12.5. The summed E-state index contributed by atoms with van der Waals surface area (Å²) in [5, 5.41) is 7.75. The molecule has 2 aliphatic heterocycles. The second-order valence-electron chi connectivity index (χ2n) is 9.44. The van der Waals surface area contributed by atoms with Gasteiger partial charge in [-0.3, -0.25) is 4.79 Å². The number of hydrogen-bond donors (Lipinski definition) is 2. The first-order valence-electron chi connectivity index (χ1n) is 11.7. The molecule has 0 saturated carbocycles. The molecule has 0 unspecified atom stereocenters. The first-order chi connectivity index (χ1) is 16.8. The molecule has 2 heterocycles. The quantitative estimate of drug-likeness (QED) is 0.429. The maximum absolute atomic E-state index is 13.9. The number of nitrogens with one attached hydrogen (secondary N) is 2. The van der Waals surface area contributed by atoms with Crippen LogP contribution in [0.1, 0.15) is 35.2 Å². The summed E-state index contributed by atoms with van der Waals surface area (Å²) >= 11 is 12.1. The molecule has 2 aliphatic rings. The van der Waals surface area contributed by atoms with Gasteiger partial charge in [0.25, 0.3) is 0 Å². The summed E-state index contributed by atoms with van der Waals surface area (Å²) in [5.74, 6) is 0.00334. The Balaban J connectivity index is 1.52. The fourth-order valence-corrected chi connectivity index (χ4v) is 5.77. The molecule has 35 heavy (non-hydrogen) atoms. The monoisotopic (exact) mass is 505 g/mol. The topological polar surface area (TPSA) is 53.6 Å². The first kappa shape index (κ1) is 23.6. The van der Waals surface area contributed by atoms with Crippen LogP contribution in [0.15, 0.2) is 66.7 Å². The van der Waals surface area contributed by atoms with Crippen LogP contribution >= 0.6 is 23.8 Å². The minimum Gasteiger partial charge on any atom is -0.467 e. The number of nitrogens with zero attached hydrogens (tertiary/aromatic N) is 1. The summed E-state index contributed by atoms with van der Waals surface area (Å²) < 4.78 is 6.62. The Morgan fingerprint density at radius 3 is 2.66 bits per heavy atom. The van der Waals surface area contributed by atoms with E-state index in [4.69, 9.17) is 28.6 Å². The van der Waals surface area contributed by atoms with E-state index >= 15 is 0 Å². The third-order valence-corrected chi connectivity index (χ3v) is 7.56. The number of rotatable bonds is 5. The molecule has 5 rings (SSSR count).